The van der Waals surface area contributed by atoms with Gasteiger partial charge in [0.05, 0.1) is 12.7 Å². The maximum atomic E-state index is 14.8. The first-order chi connectivity index (χ1) is 12.5. The maximum absolute atomic E-state index is 14.8. The van der Waals surface area contributed by atoms with Crippen LogP contribution in [0.3, 0.4) is 0 Å². The molecule has 1 aromatic carbocycles. The summed E-state index contributed by atoms with van der Waals surface area (Å²) < 4.78 is 52.9. The summed E-state index contributed by atoms with van der Waals surface area (Å²) in [5.41, 5.74) is -3.53. The van der Waals surface area contributed by atoms with Crippen LogP contribution in [0.5, 0.6) is 5.75 Å². The zero-order valence-corrected chi connectivity index (χ0v) is 16.7. The van der Waals surface area contributed by atoms with Gasteiger partial charge in [-0.2, -0.15) is 8.78 Å². The van der Waals surface area contributed by atoms with E-state index in [9.17, 15) is 18.1 Å². The Morgan fingerprint density at radius 1 is 1.30 bits per heavy atom. The highest BCUT2D eigenvalue weighted by Crippen LogP contribution is 2.59. The first-order valence-corrected chi connectivity index (χ1v) is 10.1. The normalized spacial score (nSPS) is 15.9. The van der Waals surface area contributed by atoms with Crippen LogP contribution in [0.2, 0.25) is 0 Å². The number of hydrogen-bond acceptors (Lipinski definition) is 5. The van der Waals surface area contributed by atoms with E-state index in [1.807, 2.05) is 0 Å². The summed E-state index contributed by atoms with van der Waals surface area (Å²) in [4.78, 5) is 12.0. The number of alkyl halides is 2. The predicted molar refractivity (Wildman–Crippen MR) is 98.9 cm³/mol. The molecule has 152 valence electrons. The molecule has 0 radical (unpaired) electrons. The summed E-state index contributed by atoms with van der Waals surface area (Å²) in [6.07, 6.45) is -0.297. The Labute approximate surface area is 158 Å². The molecule has 0 aromatic heterocycles. The molecule has 0 saturated heterocycles. The largest absolute Gasteiger partial charge is 0.462 e. The smallest absolute Gasteiger partial charge is 0.386 e. The van der Waals surface area contributed by atoms with Crippen LogP contribution in [-0.4, -0.2) is 35.5 Å². The van der Waals surface area contributed by atoms with Crippen molar-refractivity contribution in [1.29, 1.82) is 0 Å². The highest BCUT2D eigenvalue weighted by Gasteiger charge is 2.53. The number of carbonyl (C=O) groups is 1. The molecule has 6 nitrogen and oxygen atoms in total. The van der Waals surface area contributed by atoms with Crippen molar-refractivity contribution in [3.05, 3.63) is 42.0 Å². The van der Waals surface area contributed by atoms with Crippen LogP contribution in [0, 0.1) is 0 Å². The molecule has 27 heavy (non-hydrogen) atoms. The first-order valence-electron chi connectivity index (χ1n) is 8.48. The van der Waals surface area contributed by atoms with Crippen LogP contribution in [0.15, 0.2) is 42.0 Å². The van der Waals surface area contributed by atoms with Crippen molar-refractivity contribution < 1.29 is 32.5 Å². The van der Waals surface area contributed by atoms with Crippen LogP contribution >= 0.6 is 7.52 Å². The predicted octanol–water partition coefficient (Wildman–Crippen LogP) is 4.11. The minimum absolute atomic E-state index is 0.0275. The zero-order valence-electron chi connectivity index (χ0n) is 15.8. The third-order valence-electron chi connectivity index (χ3n) is 3.42. The maximum Gasteiger partial charge on any atom is 0.386 e. The SMILES string of the molecule is C/C(=C\CC(F)(F)P(=O)(NC(C)C(=O)OC(C)C)Oc1ccccc1)CO. The lowest BCUT2D eigenvalue weighted by Gasteiger charge is -2.29. The van der Waals surface area contributed by atoms with Crippen LogP contribution in [0.25, 0.3) is 0 Å². The molecule has 0 aliphatic heterocycles. The van der Waals surface area contributed by atoms with E-state index < -0.39 is 44.3 Å². The van der Waals surface area contributed by atoms with Gasteiger partial charge in [0.2, 0.25) is 0 Å². The summed E-state index contributed by atoms with van der Waals surface area (Å²) in [6.45, 7) is 5.57. The molecule has 0 amide bonds. The Bertz CT molecular complexity index is 694. The molecule has 0 fully saturated rings. The van der Waals surface area contributed by atoms with Crippen molar-refractivity contribution in [3.63, 3.8) is 0 Å². The van der Waals surface area contributed by atoms with E-state index in [1.165, 1.54) is 26.0 Å². The molecule has 2 N–H and O–H groups in total. The topological polar surface area (TPSA) is 84.9 Å². The van der Waals surface area contributed by atoms with E-state index in [2.05, 4.69) is 5.09 Å². The number of nitrogens with one attached hydrogen (secondary N) is 1. The number of hydrogen-bond donors (Lipinski definition) is 2. The second-order valence-corrected chi connectivity index (χ2v) is 8.57. The number of esters is 1. The molecule has 2 unspecified atom stereocenters. The van der Waals surface area contributed by atoms with E-state index in [4.69, 9.17) is 14.4 Å². The Balaban J connectivity index is 3.15. The summed E-state index contributed by atoms with van der Waals surface area (Å²) in [7, 11) is -4.87. The highest BCUT2D eigenvalue weighted by molar-refractivity contribution is 7.58. The van der Waals surface area contributed by atoms with Crippen LogP contribution < -0.4 is 9.61 Å². The van der Waals surface area contributed by atoms with Gasteiger partial charge >= 0.3 is 19.2 Å². The third-order valence-corrected chi connectivity index (χ3v) is 5.66. The summed E-state index contributed by atoms with van der Waals surface area (Å²) in [6, 6.07) is 6.23. The van der Waals surface area contributed by atoms with Gasteiger partial charge < -0.3 is 14.4 Å². The lowest BCUT2D eigenvalue weighted by Crippen LogP contribution is -2.40. The van der Waals surface area contributed by atoms with Crippen molar-refractivity contribution >= 4 is 13.5 Å². The van der Waals surface area contributed by atoms with Gasteiger partial charge in [-0.3, -0.25) is 9.36 Å². The molecular formula is C18H26F2NO5P. The highest BCUT2D eigenvalue weighted by atomic mass is 31.2. The van der Waals surface area contributed by atoms with Crippen molar-refractivity contribution in [2.24, 2.45) is 0 Å². The van der Waals surface area contributed by atoms with Crippen LogP contribution in [0.1, 0.15) is 34.1 Å². The Morgan fingerprint density at radius 3 is 2.41 bits per heavy atom. The van der Waals surface area contributed by atoms with Crippen molar-refractivity contribution in [2.75, 3.05) is 6.61 Å². The van der Waals surface area contributed by atoms with E-state index in [0.717, 1.165) is 6.08 Å². The fourth-order valence-electron chi connectivity index (χ4n) is 1.94. The van der Waals surface area contributed by atoms with E-state index >= 15 is 0 Å². The lowest BCUT2D eigenvalue weighted by molar-refractivity contribution is -0.149. The van der Waals surface area contributed by atoms with Gasteiger partial charge in [0.15, 0.2) is 0 Å². The number of para-hydroxylation sites is 1. The number of aliphatic hydroxyl groups excluding tert-OH is 1. The van der Waals surface area contributed by atoms with E-state index in [-0.39, 0.29) is 5.75 Å². The van der Waals surface area contributed by atoms with Gasteiger partial charge in [0.1, 0.15) is 11.8 Å². The zero-order chi connectivity index (χ0) is 20.7. The van der Waals surface area contributed by atoms with Gasteiger partial charge in [0.25, 0.3) is 0 Å². The molecule has 2 atom stereocenters. The van der Waals surface area contributed by atoms with Gasteiger partial charge in [0, 0.05) is 6.42 Å². The fourth-order valence-corrected chi connectivity index (χ4v) is 3.68. The quantitative estimate of drug-likeness (QED) is 0.346. The average Bonchev–Trinajstić information content (AvgIpc) is 2.59. The Hall–Kier alpha value is -1.76. The molecule has 1 aromatic rings. The number of allylic oxidation sites excluding steroid dienone is 1. The average molecular weight is 405 g/mol. The molecule has 0 saturated carbocycles. The minimum Gasteiger partial charge on any atom is -0.462 e. The molecule has 0 bridgehead atoms. The third kappa shape index (κ3) is 7.05. The van der Waals surface area contributed by atoms with Crippen molar-refractivity contribution in [1.82, 2.24) is 5.09 Å². The van der Waals surface area contributed by atoms with Gasteiger partial charge in [-0.05, 0) is 39.8 Å². The molecule has 0 spiro atoms. The fraction of sp³-hybridized carbons (Fsp3) is 0.500. The molecule has 0 heterocycles. The molecule has 9 heteroatoms. The standard InChI is InChI=1S/C18H26F2NO5P/c1-13(2)25-17(23)15(4)21-27(24,26-16-8-6-5-7-9-16)18(19,20)11-10-14(3)12-22/h5-10,13,15,22H,11-12H2,1-4H3,(H,21,24)/b14-10+. The number of aliphatic hydroxyl groups is 1. The number of carbonyl (C=O) groups excluding carboxylic acids is 1. The molecule has 1 rings (SSSR count). The number of halogens is 2. The second-order valence-electron chi connectivity index (χ2n) is 6.37. The summed E-state index contributed by atoms with van der Waals surface area (Å²) >= 11 is 0. The van der Waals surface area contributed by atoms with Crippen molar-refractivity contribution in [2.45, 2.75) is 51.9 Å². The van der Waals surface area contributed by atoms with Gasteiger partial charge in [-0.15, -0.1) is 0 Å². The molecule has 0 aliphatic rings. The lowest BCUT2D eigenvalue weighted by atomic mass is 10.2. The van der Waals surface area contributed by atoms with Crippen LogP contribution in [0.4, 0.5) is 8.78 Å². The number of rotatable bonds is 10. The second kappa shape index (κ2) is 9.97. The first kappa shape index (κ1) is 23.3. The summed E-state index contributed by atoms with van der Waals surface area (Å²) in [5, 5.41) is 11.1. The molecule has 0 aliphatic carbocycles. The van der Waals surface area contributed by atoms with Gasteiger partial charge in [-0.1, -0.05) is 29.8 Å². The van der Waals surface area contributed by atoms with Crippen LogP contribution in [-0.2, 0) is 14.1 Å². The number of benzene rings is 1. The monoisotopic (exact) mass is 405 g/mol. The Morgan fingerprint density at radius 2 is 1.89 bits per heavy atom. The number of ether oxygens (including phenoxy) is 1. The van der Waals surface area contributed by atoms with Gasteiger partial charge in [-0.25, -0.2) is 5.09 Å². The van der Waals surface area contributed by atoms with E-state index in [0.29, 0.717) is 5.57 Å². The minimum atomic E-state index is -4.87. The Kier molecular flexibility index (Phi) is 8.59. The van der Waals surface area contributed by atoms with E-state index in [1.54, 1.807) is 32.0 Å². The molecular weight excluding hydrogens is 379 g/mol. The summed E-state index contributed by atoms with van der Waals surface area (Å²) in [5.74, 6) is -0.847. The van der Waals surface area contributed by atoms with Crippen molar-refractivity contribution in [3.8, 4) is 5.75 Å².